The van der Waals surface area contributed by atoms with Crippen LogP contribution in [0.1, 0.15) is 16.7 Å². The number of benzene rings is 3. The van der Waals surface area contributed by atoms with Crippen molar-refractivity contribution in [2.24, 2.45) is 4.99 Å². The lowest BCUT2D eigenvalue weighted by Crippen LogP contribution is -2.06. The van der Waals surface area contributed by atoms with Crippen molar-refractivity contribution in [2.45, 2.75) is 0 Å². The molecule has 8 nitrogen and oxygen atoms in total. The summed E-state index contributed by atoms with van der Waals surface area (Å²) in [6, 6.07) is 15.7. The molecule has 180 valence electrons. The second-order valence-corrected chi connectivity index (χ2v) is 9.46. The zero-order valence-electron chi connectivity index (χ0n) is 18.0. The molecule has 0 radical (unpaired) electrons. The Hall–Kier alpha value is -3.60. The van der Waals surface area contributed by atoms with Gasteiger partial charge in [-0.3, -0.25) is 10.1 Å². The first-order valence-electron chi connectivity index (χ1n) is 10.1. The minimum atomic E-state index is -0.723. The van der Waals surface area contributed by atoms with Crippen molar-refractivity contribution >= 4 is 79.1 Å². The minimum Gasteiger partial charge on any atom is -0.422 e. The molecule has 3 aromatic carbocycles. The van der Waals surface area contributed by atoms with Crippen LogP contribution in [0, 0.1) is 10.1 Å². The van der Waals surface area contributed by atoms with E-state index in [9.17, 15) is 19.7 Å². The molecule has 0 spiro atoms. The predicted octanol–water partition coefficient (Wildman–Crippen LogP) is 6.74. The van der Waals surface area contributed by atoms with Gasteiger partial charge in [-0.15, -0.1) is 0 Å². The quantitative estimate of drug-likeness (QED) is 0.0980. The number of esters is 2. The summed E-state index contributed by atoms with van der Waals surface area (Å²) in [5.41, 5.74) is 1.39. The van der Waals surface area contributed by atoms with Crippen molar-refractivity contribution in [2.75, 3.05) is 0 Å². The first-order valence-corrected chi connectivity index (χ1v) is 12.1. The molecule has 0 amide bonds. The summed E-state index contributed by atoms with van der Waals surface area (Å²) in [5.74, 6) is -1.20. The van der Waals surface area contributed by atoms with Crippen molar-refractivity contribution in [1.82, 2.24) is 0 Å². The average molecular weight is 633 g/mol. The van der Waals surface area contributed by atoms with Crippen LogP contribution in [0.4, 0.5) is 5.69 Å². The highest BCUT2D eigenvalue weighted by molar-refractivity contribution is 9.11. The molecule has 1 aliphatic heterocycles. The normalized spacial score (nSPS) is 14.1. The van der Waals surface area contributed by atoms with Gasteiger partial charge in [0.1, 0.15) is 0 Å². The fourth-order valence-corrected chi connectivity index (χ4v) is 4.54. The van der Waals surface area contributed by atoms with Crippen LogP contribution in [0.25, 0.3) is 12.2 Å². The smallest absolute Gasteiger partial charge is 0.363 e. The summed E-state index contributed by atoms with van der Waals surface area (Å²) in [6.07, 6.45) is 4.27. The van der Waals surface area contributed by atoms with Crippen LogP contribution >= 0.6 is 43.5 Å². The van der Waals surface area contributed by atoms with Gasteiger partial charge in [-0.1, -0.05) is 39.7 Å². The fraction of sp³-hybridized carbons (Fsp3) is 0. The van der Waals surface area contributed by atoms with E-state index in [0.717, 1.165) is 5.56 Å². The van der Waals surface area contributed by atoms with Crippen LogP contribution in [0.15, 0.2) is 86.4 Å². The van der Waals surface area contributed by atoms with Gasteiger partial charge >= 0.3 is 11.9 Å². The van der Waals surface area contributed by atoms with Crippen molar-refractivity contribution in [3.63, 3.8) is 0 Å². The largest absolute Gasteiger partial charge is 0.422 e. The number of halogens is 3. The molecule has 11 heteroatoms. The number of hydrogen-bond donors (Lipinski definition) is 0. The Morgan fingerprint density at radius 1 is 1.08 bits per heavy atom. The molecule has 0 aromatic heterocycles. The maximum Gasteiger partial charge on any atom is 0.363 e. The van der Waals surface area contributed by atoms with Gasteiger partial charge in [0, 0.05) is 38.8 Å². The monoisotopic (exact) mass is 630 g/mol. The third-order valence-electron chi connectivity index (χ3n) is 4.76. The molecule has 36 heavy (non-hydrogen) atoms. The van der Waals surface area contributed by atoms with Crippen molar-refractivity contribution in [3.8, 4) is 5.75 Å². The number of nitro benzene ring substituents is 1. The van der Waals surface area contributed by atoms with Gasteiger partial charge in [0.25, 0.3) is 5.69 Å². The summed E-state index contributed by atoms with van der Waals surface area (Å²) in [5, 5.41) is 11.4. The lowest BCUT2D eigenvalue weighted by atomic mass is 10.1. The second kappa shape index (κ2) is 11.0. The molecule has 4 rings (SSSR count). The summed E-state index contributed by atoms with van der Waals surface area (Å²) in [6.45, 7) is 0. The van der Waals surface area contributed by atoms with E-state index in [2.05, 4.69) is 36.9 Å². The van der Waals surface area contributed by atoms with Gasteiger partial charge in [-0.2, -0.15) is 0 Å². The van der Waals surface area contributed by atoms with Gasteiger partial charge in [0.15, 0.2) is 11.4 Å². The topological polar surface area (TPSA) is 108 Å². The number of nitro groups is 1. The van der Waals surface area contributed by atoms with E-state index in [0.29, 0.717) is 25.1 Å². The highest BCUT2D eigenvalue weighted by atomic mass is 79.9. The second-order valence-electron chi connectivity index (χ2n) is 7.25. The van der Waals surface area contributed by atoms with Gasteiger partial charge in [0.05, 0.1) is 9.40 Å². The van der Waals surface area contributed by atoms with E-state index >= 15 is 0 Å². The molecule has 1 aliphatic rings. The number of ether oxygens (including phenoxy) is 2. The van der Waals surface area contributed by atoms with Crippen molar-refractivity contribution in [3.05, 3.63) is 113 Å². The molecule has 0 atom stereocenters. The highest BCUT2D eigenvalue weighted by Gasteiger charge is 2.25. The molecule has 0 aliphatic carbocycles. The van der Waals surface area contributed by atoms with Crippen LogP contribution in [0.2, 0.25) is 5.02 Å². The zero-order chi connectivity index (χ0) is 25.8. The van der Waals surface area contributed by atoms with Crippen LogP contribution < -0.4 is 4.74 Å². The SMILES string of the molecule is O=C(/C=C/c1ccc(Cl)cc1)Oc1c(Br)cc(Br)cc1/C=C1\N=C(c2ccc([N+](=O)[O-])cc2)OC1=O. The Labute approximate surface area is 226 Å². The number of aliphatic imine (C=N–C) groups is 1. The first kappa shape index (κ1) is 25.5. The Morgan fingerprint density at radius 2 is 1.78 bits per heavy atom. The van der Waals surface area contributed by atoms with E-state index in [-0.39, 0.29) is 23.0 Å². The van der Waals surface area contributed by atoms with Crippen LogP contribution in [0.3, 0.4) is 0 Å². The molecule has 0 fully saturated rings. The number of cyclic esters (lactones) is 1. The van der Waals surface area contributed by atoms with Crippen molar-refractivity contribution in [1.29, 1.82) is 0 Å². The minimum absolute atomic E-state index is 0.000321. The van der Waals surface area contributed by atoms with Gasteiger partial charge in [-0.25, -0.2) is 14.6 Å². The Morgan fingerprint density at radius 3 is 2.44 bits per heavy atom. The number of non-ortho nitro benzene ring substituents is 1. The molecule has 0 N–H and O–H groups in total. The van der Waals surface area contributed by atoms with Gasteiger partial charge in [0.2, 0.25) is 5.90 Å². The van der Waals surface area contributed by atoms with E-state index in [1.165, 1.54) is 36.4 Å². The lowest BCUT2D eigenvalue weighted by Gasteiger charge is -2.09. The predicted molar refractivity (Wildman–Crippen MR) is 142 cm³/mol. The van der Waals surface area contributed by atoms with E-state index in [1.807, 2.05) is 0 Å². The lowest BCUT2D eigenvalue weighted by molar-refractivity contribution is -0.384. The molecule has 3 aromatic rings. The third-order valence-corrected chi connectivity index (χ3v) is 6.06. The molecule has 0 unspecified atom stereocenters. The van der Waals surface area contributed by atoms with Gasteiger partial charge < -0.3 is 9.47 Å². The molecular weight excluding hydrogens is 620 g/mol. The zero-order valence-corrected chi connectivity index (χ0v) is 21.9. The van der Waals surface area contributed by atoms with Crippen molar-refractivity contribution < 1.29 is 24.0 Å². The number of rotatable bonds is 6. The summed E-state index contributed by atoms with van der Waals surface area (Å²) < 4.78 is 11.9. The first-order chi connectivity index (χ1) is 17.2. The van der Waals surface area contributed by atoms with Crippen LogP contribution in [0.5, 0.6) is 5.75 Å². The maximum atomic E-state index is 12.5. The van der Waals surface area contributed by atoms with E-state index < -0.39 is 16.9 Å². The van der Waals surface area contributed by atoms with E-state index in [4.69, 9.17) is 21.1 Å². The van der Waals surface area contributed by atoms with E-state index in [1.54, 1.807) is 42.5 Å². The third kappa shape index (κ3) is 6.14. The Bertz CT molecular complexity index is 1470. The maximum absolute atomic E-state index is 12.5. The Kier molecular flexibility index (Phi) is 7.78. The number of carbonyl (C=O) groups is 2. The number of nitrogens with zero attached hydrogens (tertiary/aromatic N) is 2. The molecule has 1 heterocycles. The summed E-state index contributed by atoms with van der Waals surface area (Å²) >= 11 is 12.6. The standard InChI is InChI=1S/C25H13Br2ClN2O6/c26-17-11-16(12-21-25(32)36-24(29-21)15-4-8-19(9-5-15)30(33)34)23(20(27)13-17)35-22(31)10-3-14-1-6-18(28)7-2-14/h1-13H/b10-3+,21-12-. The fourth-order valence-electron chi connectivity index (χ4n) is 3.07. The average Bonchev–Trinajstić information content (AvgIpc) is 3.21. The van der Waals surface area contributed by atoms with Crippen LogP contribution in [-0.2, 0) is 14.3 Å². The summed E-state index contributed by atoms with van der Waals surface area (Å²) in [4.78, 5) is 39.5. The van der Waals surface area contributed by atoms with Gasteiger partial charge in [-0.05, 0) is 70.0 Å². The number of hydrogen-bond acceptors (Lipinski definition) is 7. The Balaban J connectivity index is 1.61. The number of carbonyl (C=O) groups excluding carboxylic acids is 2. The van der Waals surface area contributed by atoms with Crippen LogP contribution in [-0.4, -0.2) is 22.8 Å². The summed E-state index contributed by atoms with van der Waals surface area (Å²) in [7, 11) is 0. The molecular formula is C25H13Br2ClN2O6. The molecule has 0 saturated carbocycles. The highest BCUT2D eigenvalue weighted by Crippen LogP contribution is 2.35. The molecule has 0 saturated heterocycles. The molecule has 0 bridgehead atoms.